The lowest BCUT2D eigenvalue weighted by Crippen LogP contribution is -2.35. The first-order valence-electron chi connectivity index (χ1n) is 14.5. The van der Waals surface area contributed by atoms with Crippen LogP contribution in [0.15, 0.2) is 91.0 Å². The zero-order valence-electron chi connectivity index (χ0n) is 25.1. The molecule has 0 N–H and O–H groups in total. The highest BCUT2D eigenvalue weighted by Gasteiger charge is 2.48. The van der Waals surface area contributed by atoms with Crippen LogP contribution in [0.5, 0.6) is 17.2 Å². The molecule has 44 heavy (non-hydrogen) atoms. The molecule has 1 aliphatic heterocycles. The molecule has 7 rings (SSSR count). The Morgan fingerprint density at radius 2 is 1.34 bits per heavy atom. The molecular formula is C38H31F3O3. The molecule has 0 saturated carbocycles. The third kappa shape index (κ3) is 3.97. The van der Waals surface area contributed by atoms with Gasteiger partial charge in [-0.3, -0.25) is 0 Å². The topological polar surface area (TPSA) is 27.7 Å². The summed E-state index contributed by atoms with van der Waals surface area (Å²) >= 11 is 0. The van der Waals surface area contributed by atoms with Crippen molar-refractivity contribution in [2.45, 2.75) is 38.0 Å². The van der Waals surface area contributed by atoms with Crippen LogP contribution < -0.4 is 14.2 Å². The van der Waals surface area contributed by atoms with Gasteiger partial charge in [-0.25, -0.2) is 0 Å². The predicted octanol–water partition coefficient (Wildman–Crippen LogP) is 9.84. The number of fused-ring (bicyclic) bond motifs is 8. The Labute approximate surface area is 254 Å². The van der Waals surface area contributed by atoms with Crippen molar-refractivity contribution >= 4 is 16.8 Å². The molecule has 222 valence electrons. The van der Waals surface area contributed by atoms with Crippen molar-refractivity contribution in [3.8, 4) is 28.4 Å². The highest BCUT2D eigenvalue weighted by atomic mass is 19.4. The molecule has 1 heterocycles. The summed E-state index contributed by atoms with van der Waals surface area (Å²) in [5, 5.41) is 1.72. The van der Waals surface area contributed by atoms with Gasteiger partial charge in [-0.1, -0.05) is 80.1 Å². The van der Waals surface area contributed by atoms with E-state index in [0.29, 0.717) is 16.9 Å². The second kappa shape index (κ2) is 9.65. The first-order valence-corrected chi connectivity index (χ1v) is 14.5. The van der Waals surface area contributed by atoms with Crippen LogP contribution in [0.4, 0.5) is 13.2 Å². The maximum absolute atomic E-state index is 14.5. The largest absolute Gasteiger partial charge is 0.497 e. The summed E-state index contributed by atoms with van der Waals surface area (Å²) in [6, 6.07) is 26.1. The van der Waals surface area contributed by atoms with Gasteiger partial charge in [0.1, 0.15) is 17.2 Å². The van der Waals surface area contributed by atoms with Gasteiger partial charge in [-0.05, 0) is 71.0 Å². The van der Waals surface area contributed by atoms with Gasteiger partial charge >= 0.3 is 6.18 Å². The number of benzene rings is 5. The number of ether oxygens (including phenoxy) is 3. The molecule has 0 fully saturated rings. The highest BCUT2D eigenvalue weighted by Crippen LogP contribution is 2.60. The molecule has 6 heteroatoms. The molecule has 0 spiro atoms. The quantitative estimate of drug-likeness (QED) is 0.208. The van der Waals surface area contributed by atoms with Gasteiger partial charge in [-0.2, -0.15) is 13.2 Å². The first-order chi connectivity index (χ1) is 21.0. The van der Waals surface area contributed by atoms with Gasteiger partial charge in [0, 0.05) is 27.5 Å². The van der Waals surface area contributed by atoms with Crippen molar-refractivity contribution in [1.29, 1.82) is 0 Å². The van der Waals surface area contributed by atoms with Gasteiger partial charge < -0.3 is 14.2 Å². The van der Waals surface area contributed by atoms with Crippen molar-refractivity contribution in [3.05, 3.63) is 130 Å². The predicted molar refractivity (Wildman–Crippen MR) is 168 cm³/mol. The van der Waals surface area contributed by atoms with E-state index >= 15 is 0 Å². The molecule has 0 unspecified atom stereocenters. The Bertz CT molecular complexity index is 1920. The van der Waals surface area contributed by atoms with Crippen molar-refractivity contribution in [2.24, 2.45) is 0 Å². The molecule has 0 amide bonds. The smallest absolute Gasteiger partial charge is 0.416 e. The first kappa shape index (κ1) is 28.1. The number of aryl methyl sites for hydroxylation is 1. The minimum absolute atomic E-state index is 0.300. The molecule has 1 aliphatic carbocycles. The normalized spacial score (nSPS) is 15.7. The monoisotopic (exact) mass is 592 g/mol. The average Bonchev–Trinajstić information content (AvgIpc) is 3.27. The van der Waals surface area contributed by atoms with E-state index in [4.69, 9.17) is 14.2 Å². The fourth-order valence-electron chi connectivity index (χ4n) is 7.13. The van der Waals surface area contributed by atoms with Crippen LogP contribution in [0.3, 0.4) is 0 Å². The Kier molecular flexibility index (Phi) is 6.16. The standard InChI is InChI=1S/C38H31F3O3/c1-22-9-18-27-30(21-22)32-28-7-6-8-31(38(39,40)41)33(28)36(2,3)34(32)29-19-20-37(44-35(27)29,23-10-14-25(42-4)15-11-23)24-12-16-26(43-5)17-13-24/h6-21H,1-5H3. The van der Waals surface area contributed by atoms with Crippen LogP contribution in [0.25, 0.3) is 28.0 Å². The lowest BCUT2D eigenvalue weighted by molar-refractivity contribution is -0.138. The molecule has 3 nitrogen and oxygen atoms in total. The average molecular weight is 593 g/mol. The minimum atomic E-state index is -4.49. The van der Waals surface area contributed by atoms with E-state index in [2.05, 4.69) is 6.07 Å². The van der Waals surface area contributed by atoms with Crippen LogP contribution in [0, 0.1) is 6.92 Å². The Hall–Kier alpha value is -4.71. The van der Waals surface area contributed by atoms with E-state index in [-0.39, 0.29) is 0 Å². The highest BCUT2D eigenvalue weighted by molar-refractivity contribution is 6.09. The SMILES string of the molecule is COc1ccc(C2(c3ccc(OC)cc3)C=Cc3c4c(c5cc(C)ccc5c3O2)-c2cccc(C(F)(F)F)c2C4(C)C)cc1. The molecular weight excluding hydrogens is 561 g/mol. The number of halogens is 3. The number of hydrogen-bond acceptors (Lipinski definition) is 3. The van der Waals surface area contributed by atoms with Crippen LogP contribution in [0.2, 0.25) is 0 Å². The van der Waals surface area contributed by atoms with E-state index in [1.165, 1.54) is 12.1 Å². The van der Waals surface area contributed by atoms with Crippen molar-refractivity contribution < 1.29 is 27.4 Å². The Morgan fingerprint density at radius 1 is 0.727 bits per heavy atom. The number of methoxy groups -OCH3 is 2. The second-order valence-corrected chi connectivity index (χ2v) is 12.0. The van der Waals surface area contributed by atoms with Gasteiger partial charge in [0.15, 0.2) is 5.60 Å². The molecule has 0 saturated heterocycles. The number of hydrogen-bond donors (Lipinski definition) is 0. The Balaban J connectivity index is 1.55. The van der Waals surface area contributed by atoms with Crippen LogP contribution in [0.1, 0.15) is 52.8 Å². The molecule has 0 bridgehead atoms. The van der Waals surface area contributed by atoms with Gasteiger partial charge in [-0.15, -0.1) is 0 Å². The van der Waals surface area contributed by atoms with Gasteiger partial charge in [0.25, 0.3) is 0 Å². The summed E-state index contributed by atoms with van der Waals surface area (Å²) < 4.78 is 61.4. The summed E-state index contributed by atoms with van der Waals surface area (Å²) in [7, 11) is 3.25. The minimum Gasteiger partial charge on any atom is -0.497 e. The lowest BCUT2D eigenvalue weighted by atomic mass is 9.75. The summed E-state index contributed by atoms with van der Waals surface area (Å²) in [4.78, 5) is 0. The van der Waals surface area contributed by atoms with Crippen LogP contribution >= 0.6 is 0 Å². The summed E-state index contributed by atoms with van der Waals surface area (Å²) in [5.41, 5.74) is 3.61. The van der Waals surface area contributed by atoms with E-state index in [1.54, 1.807) is 14.2 Å². The van der Waals surface area contributed by atoms with Gasteiger partial charge in [0.05, 0.1) is 19.8 Å². The van der Waals surface area contributed by atoms with Crippen molar-refractivity contribution in [1.82, 2.24) is 0 Å². The van der Waals surface area contributed by atoms with E-state index < -0.39 is 22.8 Å². The zero-order valence-corrected chi connectivity index (χ0v) is 25.1. The maximum atomic E-state index is 14.5. The maximum Gasteiger partial charge on any atom is 0.416 e. The van der Waals surface area contributed by atoms with E-state index in [0.717, 1.165) is 55.7 Å². The fraction of sp³-hybridized carbons (Fsp3) is 0.211. The summed E-state index contributed by atoms with van der Waals surface area (Å²) in [6.45, 7) is 5.77. The molecule has 0 atom stereocenters. The summed E-state index contributed by atoms with van der Waals surface area (Å²) in [6.07, 6.45) is -0.435. The second-order valence-electron chi connectivity index (χ2n) is 12.0. The molecule has 0 radical (unpaired) electrons. The molecule has 5 aromatic carbocycles. The lowest BCUT2D eigenvalue weighted by Gasteiger charge is -2.38. The summed E-state index contributed by atoms with van der Waals surface area (Å²) in [5.74, 6) is 2.08. The van der Waals surface area contributed by atoms with Gasteiger partial charge in [0.2, 0.25) is 0 Å². The molecule has 0 aromatic heterocycles. The molecule has 5 aromatic rings. The van der Waals surface area contributed by atoms with Crippen LogP contribution in [-0.2, 0) is 17.2 Å². The zero-order chi connectivity index (χ0) is 31.0. The third-order valence-corrected chi connectivity index (χ3v) is 9.13. The van der Waals surface area contributed by atoms with E-state index in [1.807, 2.05) is 99.7 Å². The number of rotatable bonds is 4. The Morgan fingerprint density at radius 3 is 1.91 bits per heavy atom. The van der Waals surface area contributed by atoms with E-state index in [9.17, 15) is 13.2 Å². The van der Waals surface area contributed by atoms with Crippen molar-refractivity contribution in [2.75, 3.05) is 14.2 Å². The number of alkyl halides is 3. The van der Waals surface area contributed by atoms with Crippen molar-refractivity contribution in [3.63, 3.8) is 0 Å². The van der Waals surface area contributed by atoms with Crippen LogP contribution in [-0.4, -0.2) is 14.2 Å². The fourth-order valence-corrected chi connectivity index (χ4v) is 7.13. The third-order valence-electron chi connectivity index (χ3n) is 9.13. The molecule has 2 aliphatic rings.